The molecule has 2 aromatic carbocycles. The van der Waals surface area contributed by atoms with Crippen LogP contribution >= 0.6 is 11.6 Å². The number of halogens is 1. The third-order valence-corrected chi connectivity index (χ3v) is 6.22. The molecule has 2 aromatic heterocycles. The van der Waals surface area contributed by atoms with E-state index in [1.165, 1.54) is 6.07 Å². The van der Waals surface area contributed by atoms with Crippen LogP contribution in [-0.2, 0) is 5.60 Å². The number of imidazole rings is 1. The fourth-order valence-corrected chi connectivity index (χ4v) is 4.15. The van der Waals surface area contributed by atoms with Crippen molar-refractivity contribution in [2.24, 2.45) is 0 Å². The number of aryl methyl sites for hydroxylation is 1. The van der Waals surface area contributed by atoms with Crippen LogP contribution in [0.2, 0.25) is 5.02 Å². The summed E-state index contributed by atoms with van der Waals surface area (Å²) < 4.78 is 5.73. The van der Waals surface area contributed by atoms with E-state index < -0.39 is 11.6 Å². The minimum Gasteiger partial charge on any atom is -0.478 e. The Kier molecular flexibility index (Phi) is 4.87. The van der Waals surface area contributed by atoms with Gasteiger partial charge in [-0.2, -0.15) is 4.98 Å². The van der Waals surface area contributed by atoms with Crippen LogP contribution in [-0.4, -0.2) is 31.1 Å². The first-order valence-electron chi connectivity index (χ1n) is 10.2. The number of benzene rings is 2. The van der Waals surface area contributed by atoms with Gasteiger partial charge in [0, 0.05) is 5.56 Å². The van der Waals surface area contributed by atoms with E-state index in [-0.39, 0.29) is 11.6 Å². The van der Waals surface area contributed by atoms with Crippen molar-refractivity contribution in [1.82, 2.24) is 15.0 Å². The van der Waals surface area contributed by atoms with Gasteiger partial charge in [0.15, 0.2) is 5.65 Å². The van der Waals surface area contributed by atoms with Crippen molar-refractivity contribution in [3.05, 3.63) is 70.2 Å². The van der Waals surface area contributed by atoms with Gasteiger partial charge in [0.2, 0.25) is 0 Å². The lowest BCUT2D eigenvalue weighted by Gasteiger charge is -2.37. The number of aliphatic hydroxyl groups is 1. The molecule has 1 aliphatic rings. The molecule has 0 amide bonds. The van der Waals surface area contributed by atoms with Gasteiger partial charge in [-0.1, -0.05) is 41.9 Å². The number of H-pyrrole nitrogens is 1. The number of nitrogens with one attached hydrogen (secondary N) is 1. The highest BCUT2D eigenvalue weighted by molar-refractivity contribution is 6.33. The van der Waals surface area contributed by atoms with Gasteiger partial charge in [-0.15, -0.1) is 0 Å². The van der Waals surface area contributed by atoms with Gasteiger partial charge < -0.3 is 19.9 Å². The molecular formula is C24H20ClN3O4. The zero-order chi connectivity index (χ0) is 22.5. The molecule has 0 atom stereocenters. The number of aromatic nitrogens is 3. The smallest absolute Gasteiger partial charge is 0.336 e. The van der Waals surface area contributed by atoms with Crippen LogP contribution in [0.5, 0.6) is 11.8 Å². The number of carboxylic acid groups (broad SMARTS) is 1. The molecule has 0 unspecified atom stereocenters. The molecule has 4 aromatic rings. The van der Waals surface area contributed by atoms with E-state index >= 15 is 0 Å². The Hall–Kier alpha value is -3.42. The fourth-order valence-electron chi connectivity index (χ4n) is 3.89. The first-order valence-corrected chi connectivity index (χ1v) is 10.6. The first-order chi connectivity index (χ1) is 15.3. The van der Waals surface area contributed by atoms with Gasteiger partial charge in [-0.3, -0.25) is 0 Å². The summed E-state index contributed by atoms with van der Waals surface area (Å²) in [5.41, 5.74) is 3.40. The fraction of sp³-hybridized carbons (Fsp3) is 0.208. The van der Waals surface area contributed by atoms with Crippen LogP contribution in [0, 0.1) is 6.92 Å². The first kappa shape index (κ1) is 20.5. The van der Waals surface area contributed by atoms with Crippen molar-refractivity contribution >= 4 is 28.7 Å². The van der Waals surface area contributed by atoms with Crippen molar-refractivity contribution in [3.8, 4) is 23.0 Å². The van der Waals surface area contributed by atoms with E-state index in [1.807, 2.05) is 24.3 Å². The molecule has 0 saturated heterocycles. The van der Waals surface area contributed by atoms with E-state index in [4.69, 9.17) is 16.3 Å². The molecule has 7 nitrogen and oxygen atoms in total. The van der Waals surface area contributed by atoms with Crippen molar-refractivity contribution in [2.75, 3.05) is 0 Å². The lowest BCUT2D eigenvalue weighted by molar-refractivity contribution is -0.0387. The molecule has 162 valence electrons. The third-order valence-electron chi connectivity index (χ3n) is 5.94. The Labute approximate surface area is 188 Å². The highest BCUT2D eigenvalue weighted by Gasteiger charge is 2.36. The molecule has 8 heteroatoms. The Bertz CT molecular complexity index is 1340. The quantitative estimate of drug-likeness (QED) is 0.374. The molecule has 0 bridgehead atoms. The van der Waals surface area contributed by atoms with Crippen molar-refractivity contribution in [3.63, 3.8) is 0 Å². The molecule has 1 saturated carbocycles. The molecule has 2 heterocycles. The molecule has 0 radical (unpaired) electrons. The summed E-state index contributed by atoms with van der Waals surface area (Å²) >= 11 is 6.48. The zero-order valence-electron chi connectivity index (χ0n) is 17.2. The van der Waals surface area contributed by atoms with E-state index in [0.29, 0.717) is 33.2 Å². The summed E-state index contributed by atoms with van der Waals surface area (Å²) in [5, 5.41) is 20.3. The van der Waals surface area contributed by atoms with Gasteiger partial charge >= 0.3 is 12.0 Å². The number of rotatable bonds is 5. The number of aromatic carboxylic acids is 1. The normalized spacial score (nSPS) is 14.8. The Morgan fingerprint density at radius 2 is 1.88 bits per heavy atom. The monoisotopic (exact) mass is 449 g/mol. The summed E-state index contributed by atoms with van der Waals surface area (Å²) in [6.07, 6.45) is 2.59. The maximum Gasteiger partial charge on any atom is 0.336 e. The number of fused-ring (bicyclic) bond motifs is 1. The van der Waals surface area contributed by atoms with Crippen LogP contribution in [0.25, 0.3) is 22.4 Å². The summed E-state index contributed by atoms with van der Waals surface area (Å²) in [5.74, 6) is -0.672. The Balaban J connectivity index is 1.44. The van der Waals surface area contributed by atoms with Gasteiger partial charge in [0.25, 0.3) is 0 Å². The number of carboxylic acids is 1. The second kappa shape index (κ2) is 7.62. The SMILES string of the molecule is Cc1ccc(Oc2nc3nc(-c4ccc(C5(O)CCC5)cc4)c(Cl)cc3[nH]2)cc1C(=O)O. The molecule has 1 aliphatic carbocycles. The lowest BCUT2D eigenvalue weighted by Crippen LogP contribution is -2.33. The van der Waals surface area contributed by atoms with Gasteiger partial charge in [-0.05, 0) is 55.5 Å². The van der Waals surface area contributed by atoms with Gasteiger partial charge in [0.05, 0.1) is 27.4 Å². The van der Waals surface area contributed by atoms with E-state index in [2.05, 4.69) is 15.0 Å². The number of aromatic amines is 1. The van der Waals surface area contributed by atoms with Gasteiger partial charge in [0.1, 0.15) is 5.75 Å². The van der Waals surface area contributed by atoms with E-state index in [0.717, 1.165) is 30.4 Å². The number of carbonyl (C=O) groups is 1. The van der Waals surface area contributed by atoms with Crippen molar-refractivity contribution < 1.29 is 19.7 Å². The maximum absolute atomic E-state index is 11.4. The number of ether oxygens (including phenoxy) is 1. The molecule has 32 heavy (non-hydrogen) atoms. The average molecular weight is 450 g/mol. The zero-order valence-corrected chi connectivity index (χ0v) is 18.0. The second-order valence-corrected chi connectivity index (χ2v) is 8.49. The summed E-state index contributed by atoms with van der Waals surface area (Å²) in [6.45, 7) is 1.72. The maximum atomic E-state index is 11.4. The molecule has 0 spiro atoms. The molecule has 1 fully saturated rings. The summed E-state index contributed by atoms with van der Waals surface area (Å²) in [6, 6.07) is 14.3. The Morgan fingerprint density at radius 1 is 1.12 bits per heavy atom. The van der Waals surface area contributed by atoms with Gasteiger partial charge in [-0.25, -0.2) is 9.78 Å². The van der Waals surface area contributed by atoms with Crippen LogP contribution < -0.4 is 4.74 Å². The predicted molar refractivity (Wildman–Crippen MR) is 120 cm³/mol. The second-order valence-electron chi connectivity index (χ2n) is 8.08. The van der Waals surface area contributed by atoms with E-state index in [9.17, 15) is 15.0 Å². The van der Waals surface area contributed by atoms with Crippen LogP contribution in [0.1, 0.15) is 40.7 Å². The number of nitrogens with zero attached hydrogens (tertiary/aromatic N) is 2. The lowest BCUT2D eigenvalue weighted by atomic mass is 9.75. The Morgan fingerprint density at radius 3 is 2.53 bits per heavy atom. The van der Waals surface area contributed by atoms with Crippen LogP contribution in [0.3, 0.4) is 0 Å². The number of hydrogen-bond acceptors (Lipinski definition) is 5. The molecule has 5 rings (SSSR count). The predicted octanol–water partition coefficient (Wildman–Crippen LogP) is 5.45. The molecule has 3 N–H and O–H groups in total. The number of hydrogen-bond donors (Lipinski definition) is 3. The largest absolute Gasteiger partial charge is 0.478 e. The minimum atomic E-state index is -1.02. The minimum absolute atomic E-state index is 0.164. The van der Waals surface area contributed by atoms with Crippen molar-refractivity contribution in [2.45, 2.75) is 31.8 Å². The highest BCUT2D eigenvalue weighted by atomic mass is 35.5. The summed E-state index contributed by atoms with van der Waals surface area (Å²) in [4.78, 5) is 23.3. The molecule has 0 aliphatic heterocycles. The molecular weight excluding hydrogens is 430 g/mol. The number of pyridine rings is 1. The summed E-state index contributed by atoms with van der Waals surface area (Å²) in [7, 11) is 0. The standard InChI is InChI=1S/C24H20ClN3O4/c1-13-3-8-16(11-17(13)22(29)30)32-23-26-19-12-18(25)20(27-21(19)28-23)14-4-6-15(7-5-14)24(31)9-2-10-24/h3-8,11-12,31H,2,9-10H2,1H3,(H,29,30)(H,26,27,28). The van der Waals surface area contributed by atoms with E-state index in [1.54, 1.807) is 25.1 Å². The third kappa shape index (κ3) is 3.59. The van der Waals surface area contributed by atoms with Crippen LogP contribution in [0.15, 0.2) is 48.5 Å². The van der Waals surface area contributed by atoms with Crippen molar-refractivity contribution in [1.29, 1.82) is 0 Å². The van der Waals surface area contributed by atoms with Crippen LogP contribution in [0.4, 0.5) is 0 Å². The highest BCUT2D eigenvalue weighted by Crippen LogP contribution is 2.41. The average Bonchev–Trinajstić information content (AvgIpc) is 3.13. The topological polar surface area (TPSA) is 108 Å².